The van der Waals surface area contributed by atoms with Gasteiger partial charge in [-0.25, -0.2) is 13.1 Å². The lowest BCUT2D eigenvalue weighted by atomic mass is 10.1. The molecule has 1 fully saturated rings. The summed E-state index contributed by atoms with van der Waals surface area (Å²) in [6.45, 7) is -0.320. The number of amides is 1. The number of hydrogen-bond acceptors (Lipinski definition) is 6. The summed E-state index contributed by atoms with van der Waals surface area (Å²) in [5, 5.41) is 14.0. The van der Waals surface area contributed by atoms with Crippen molar-refractivity contribution in [3.05, 3.63) is 58.1 Å². The lowest BCUT2D eigenvalue weighted by molar-refractivity contribution is -0.384. The molecule has 9 nitrogen and oxygen atoms in total. The third kappa shape index (κ3) is 5.73. The van der Waals surface area contributed by atoms with Crippen molar-refractivity contribution < 1.29 is 31.3 Å². The quantitative estimate of drug-likeness (QED) is 0.471. The number of nitrogens with zero attached hydrogens (tertiary/aromatic N) is 2. The summed E-state index contributed by atoms with van der Waals surface area (Å²) in [5.41, 5.74) is 0.431. The highest BCUT2D eigenvalue weighted by atomic mass is 32.2. The number of sulfonamides is 1. The first-order valence-electron chi connectivity index (χ1n) is 9.47. The van der Waals surface area contributed by atoms with E-state index in [-0.39, 0.29) is 16.9 Å². The number of benzene rings is 2. The van der Waals surface area contributed by atoms with Crippen LogP contribution in [0.5, 0.6) is 0 Å². The molecule has 13 heteroatoms. The van der Waals surface area contributed by atoms with Crippen molar-refractivity contribution in [1.82, 2.24) is 4.72 Å². The van der Waals surface area contributed by atoms with Crippen LogP contribution in [0.4, 0.5) is 30.2 Å². The van der Waals surface area contributed by atoms with Crippen molar-refractivity contribution >= 4 is 33.0 Å². The summed E-state index contributed by atoms with van der Waals surface area (Å²) < 4.78 is 62.0. The number of nitro groups is 1. The molecule has 1 amide bonds. The van der Waals surface area contributed by atoms with Gasteiger partial charge in [-0.1, -0.05) is 0 Å². The van der Waals surface area contributed by atoms with E-state index in [0.29, 0.717) is 18.8 Å². The molecule has 0 saturated carbocycles. The third-order valence-corrected chi connectivity index (χ3v) is 6.18. The first-order chi connectivity index (χ1) is 15.0. The van der Waals surface area contributed by atoms with E-state index >= 15 is 0 Å². The highest BCUT2D eigenvalue weighted by Gasteiger charge is 2.30. The van der Waals surface area contributed by atoms with Crippen molar-refractivity contribution in [3.8, 4) is 0 Å². The van der Waals surface area contributed by atoms with E-state index in [4.69, 9.17) is 0 Å². The molecular weight excluding hydrogens is 453 g/mol. The summed E-state index contributed by atoms with van der Waals surface area (Å²) in [4.78, 5) is 24.9. The number of nitro benzene ring substituents is 1. The van der Waals surface area contributed by atoms with E-state index in [0.717, 1.165) is 25.0 Å². The fourth-order valence-corrected chi connectivity index (χ4v) is 4.23. The second kappa shape index (κ2) is 9.12. The Hall–Kier alpha value is -3.19. The maximum Gasteiger partial charge on any atom is 0.402 e. The second-order valence-corrected chi connectivity index (χ2v) is 8.84. The number of hydrogen-bond donors (Lipinski definition) is 2. The lowest BCUT2D eigenvalue weighted by Crippen LogP contribution is -2.33. The molecule has 0 unspecified atom stereocenters. The van der Waals surface area contributed by atoms with E-state index in [9.17, 15) is 36.5 Å². The minimum Gasteiger partial charge on any atom is -0.366 e. The third-order valence-electron chi connectivity index (χ3n) is 4.77. The molecule has 2 N–H and O–H groups in total. The SMILES string of the molecule is O=C(Nc1ccc(S(=O)(=O)NCC(F)(F)F)cc1)c1ccc(N2CCCC2)c([N+](=O)[O-])c1. The predicted octanol–water partition coefficient (Wildman–Crippen LogP) is 3.29. The van der Waals surface area contributed by atoms with Crippen molar-refractivity contribution in [2.45, 2.75) is 23.9 Å². The van der Waals surface area contributed by atoms with Gasteiger partial charge >= 0.3 is 6.18 Å². The monoisotopic (exact) mass is 472 g/mol. The highest BCUT2D eigenvalue weighted by Crippen LogP contribution is 2.32. The summed E-state index contributed by atoms with van der Waals surface area (Å²) in [6, 6.07) is 8.61. The van der Waals surface area contributed by atoms with Gasteiger partial charge in [-0.2, -0.15) is 13.2 Å². The Labute approximate surface area is 181 Å². The van der Waals surface area contributed by atoms with Gasteiger partial charge in [0.1, 0.15) is 12.2 Å². The average molecular weight is 472 g/mol. The minimum absolute atomic E-state index is 0.0307. The molecule has 0 radical (unpaired) electrons. The minimum atomic E-state index is -4.70. The number of carbonyl (C=O) groups excluding carboxylic acids is 1. The van der Waals surface area contributed by atoms with Gasteiger partial charge in [-0.05, 0) is 49.2 Å². The molecule has 0 aromatic heterocycles. The summed E-state index contributed by atoms with van der Waals surface area (Å²) in [5.74, 6) is -0.660. The fraction of sp³-hybridized carbons (Fsp3) is 0.316. The second-order valence-electron chi connectivity index (χ2n) is 7.07. The smallest absolute Gasteiger partial charge is 0.366 e. The van der Waals surface area contributed by atoms with Gasteiger partial charge in [0.2, 0.25) is 10.0 Å². The molecule has 3 rings (SSSR count). The van der Waals surface area contributed by atoms with Gasteiger partial charge in [-0.3, -0.25) is 14.9 Å². The molecule has 2 aromatic rings. The summed E-state index contributed by atoms with van der Waals surface area (Å²) in [6.07, 6.45) is -2.85. The van der Waals surface area contributed by atoms with Crippen LogP contribution in [0.3, 0.4) is 0 Å². The zero-order valence-corrected chi connectivity index (χ0v) is 17.4. The van der Waals surface area contributed by atoms with E-state index in [1.54, 1.807) is 0 Å². The van der Waals surface area contributed by atoms with E-state index < -0.39 is 38.5 Å². The van der Waals surface area contributed by atoms with Gasteiger partial charge in [0, 0.05) is 30.4 Å². The average Bonchev–Trinajstić information content (AvgIpc) is 3.26. The molecule has 1 aliphatic rings. The summed E-state index contributed by atoms with van der Waals surface area (Å²) in [7, 11) is -4.38. The normalized spacial score (nSPS) is 14.4. The van der Waals surface area contributed by atoms with Gasteiger partial charge in [0.05, 0.1) is 9.82 Å². The number of carbonyl (C=O) groups is 1. The Bertz CT molecular complexity index is 1110. The number of anilines is 2. The molecule has 32 heavy (non-hydrogen) atoms. The Morgan fingerprint density at radius 2 is 1.72 bits per heavy atom. The van der Waals surface area contributed by atoms with E-state index in [1.165, 1.54) is 35.1 Å². The number of halogens is 3. The molecule has 0 bridgehead atoms. The zero-order chi connectivity index (χ0) is 23.5. The first kappa shape index (κ1) is 23.5. The van der Waals surface area contributed by atoms with Gasteiger partial charge in [0.25, 0.3) is 11.6 Å². The molecule has 172 valence electrons. The molecule has 1 aliphatic heterocycles. The topological polar surface area (TPSA) is 122 Å². The van der Waals surface area contributed by atoms with Gasteiger partial charge in [0.15, 0.2) is 0 Å². The van der Waals surface area contributed by atoms with E-state index in [1.807, 2.05) is 4.90 Å². The van der Waals surface area contributed by atoms with Crippen LogP contribution in [-0.2, 0) is 10.0 Å². The van der Waals surface area contributed by atoms with Crippen LogP contribution in [0.15, 0.2) is 47.4 Å². The Morgan fingerprint density at radius 3 is 2.28 bits per heavy atom. The van der Waals surface area contributed by atoms with Crippen molar-refractivity contribution in [3.63, 3.8) is 0 Å². The molecule has 2 aromatic carbocycles. The molecule has 1 saturated heterocycles. The molecule has 0 aliphatic carbocycles. The maximum atomic E-state index is 12.5. The Kier molecular flexibility index (Phi) is 6.69. The molecule has 0 spiro atoms. The van der Waals surface area contributed by atoms with Crippen LogP contribution in [0, 0.1) is 10.1 Å². The highest BCUT2D eigenvalue weighted by molar-refractivity contribution is 7.89. The first-order valence-corrected chi connectivity index (χ1v) is 11.0. The zero-order valence-electron chi connectivity index (χ0n) is 16.6. The van der Waals surface area contributed by atoms with Crippen molar-refractivity contribution in [2.24, 2.45) is 0 Å². The van der Waals surface area contributed by atoms with E-state index in [2.05, 4.69) is 5.32 Å². The van der Waals surface area contributed by atoms with Crippen LogP contribution in [0.25, 0.3) is 0 Å². The van der Waals surface area contributed by atoms with Crippen LogP contribution < -0.4 is 14.9 Å². The largest absolute Gasteiger partial charge is 0.402 e. The Morgan fingerprint density at radius 1 is 1.09 bits per heavy atom. The van der Waals surface area contributed by atoms with Gasteiger partial charge < -0.3 is 10.2 Å². The molecule has 1 heterocycles. The standard InChI is InChI=1S/C19H19F3N4O5S/c20-19(21,22)12-23-32(30,31)15-6-4-14(5-7-15)24-18(27)13-3-8-16(17(11-13)26(28)29)25-9-1-2-10-25/h3-8,11,23H,1-2,9-10,12H2,(H,24,27). The Balaban J connectivity index is 1.73. The van der Waals surface area contributed by atoms with Crippen LogP contribution in [0.1, 0.15) is 23.2 Å². The maximum absolute atomic E-state index is 12.5. The van der Waals surface area contributed by atoms with Gasteiger partial charge in [-0.15, -0.1) is 0 Å². The summed E-state index contributed by atoms with van der Waals surface area (Å²) >= 11 is 0. The molecular formula is C19H19F3N4O5S. The number of nitrogens with one attached hydrogen (secondary N) is 2. The van der Waals surface area contributed by atoms with Crippen LogP contribution in [-0.4, -0.2) is 45.1 Å². The van der Waals surface area contributed by atoms with Crippen molar-refractivity contribution in [1.29, 1.82) is 0 Å². The lowest BCUT2D eigenvalue weighted by Gasteiger charge is -2.17. The number of rotatable bonds is 7. The number of alkyl halides is 3. The molecule has 0 atom stereocenters. The predicted molar refractivity (Wildman–Crippen MR) is 110 cm³/mol. The fourth-order valence-electron chi connectivity index (χ4n) is 3.22. The van der Waals surface area contributed by atoms with Crippen LogP contribution >= 0.6 is 0 Å². The van der Waals surface area contributed by atoms with Crippen LogP contribution in [0.2, 0.25) is 0 Å². The van der Waals surface area contributed by atoms with Crippen molar-refractivity contribution in [2.75, 3.05) is 29.9 Å².